The van der Waals surface area contributed by atoms with Gasteiger partial charge in [-0.05, 0) is 49.3 Å². The number of hydrogen-bond donors (Lipinski definition) is 2. The molecule has 3 N–H and O–H groups in total. The van der Waals surface area contributed by atoms with Crippen LogP contribution in [0.1, 0.15) is 77.0 Å². The number of rotatable bonds is 13. The van der Waals surface area contributed by atoms with Crippen molar-refractivity contribution in [2.24, 2.45) is 17.1 Å². The maximum absolute atomic E-state index is 13.7. The Kier molecular flexibility index (Phi) is 10.8. The number of likely N-dealkylation sites (tertiary alicyclic amines) is 1. The van der Waals surface area contributed by atoms with Crippen LogP contribution in [0.2, 0.25) is 0 Å². The fraction of sp³-hybridized carbons (Fsp3) is 0.600. The molecule has 8 heteroatoms. The van der Waals surface area contributed by atoms with E-state index in [1.54, 1.807) is 16.2 Å². The van der Waals surface area contributed by atoms with E-state index < -0.39 is 23.5 Å². The summed E-state index contributed by atoms with van der Waals surface area (Å²) in [4.78, 5) is 46.7. The molecule has 1 aliphatic rings. The first-order valence-electron chi connectivity index (χ1n) is 13.7. The quantitative estimate of drug-likeness (QED) is 0.355. The van der Waals surface area contributed by atoms with Crippen LogP contribution in [0.4, 0.5) is 0 Å². The zero-order valence-corrected chi connectivity index (χ0v) is 24.1. The molecule has 1 saturated heterocycles. The van der Waals surface area contributed by atoms with E-state index in [1.807, 2.05) is 45.3 Å². The Hall–Kier alpha value is -2.42. The Labute approximate surface area is 230 Å². The highest BCUT2D eigenvalue weighted by Gasteiger charge is 2.43. The monoisotopic (exact) mass is 541 g/mol. The molecule has 2 heterocycles. The van der Waals surface area contributed by atoms with Gasteiger partial charge in [0.05, 0.1) is 28.2 Å². The Morgan fingerprint density at radius 1 is 1.13 bits per heavy atom. The molecule has 38 heavy (non-hydrogen) atoms. The number of aromatic nitrogens is 1. The maximum Gasteiger partial charge on any atom is 0.227 e. The van der Waals surface area contributed by atoms with Gasteiger partial charge in [0.25, 0.3) is 0 Å². The second-order valence-electron chi connectivity index (χ2n) is 11.6. The minimum absolute atomic E-state index is 0.0435. The van der Waals surface area contributed by atoms with Crippen molar-refractivity contribution in [3.63, 3.8) is 0 Å². The minimum atomic E-state index is -0.734. The van der Waals surface area contributed by atoms with Gasteiger partial charge in [-0.1, -0.05) is 51.5 Å². The van der Waals surface area contributed by atoms with Gasteiger partial charge in [0.15, 0.2) is 5.78 Å². The molecule has 7 nitrogen and oxygen atoms in total. The number of β-amino-alcohol motifs (C(OH)–C–C–N with tert-alkyl or cyclic N) is 1. The van der Waals surface area contributed by atoms with Gasteiger partial charge in [0.2, 0.25) is 5.91 Å². The summed E-state index contributed by atoms with van der Waals surface area (Å²) >= 11 is 1.61. The first kappa shape index (κ1) is 30.1. The number of nitrogens with two attached hydrogens (primary N) is 1. The zero-order chi connectivity index (χ0) is 27.9. The smallest absolute Gasteiger partial charge is 0.227 e. The van der Waals surface area contributed by atoms with Gasteiger partial charge >= 0.3 is 0 Å². The molecule has 3 atom stereocenters. The van der Waals surface area contributed by atoms with E-state index in [-0.39, 0.29) is 36.9 Å². The number of unbranched alkanes of at least 4 members (excludes halogenated alkanes) is 2. The molecule has 0 aliphatic carbocycles. The lowest BCUT2D eigenvalue weighted by atomic mass is 9.76. The number of aliphatic hydroxyl groups is 1. The Morgan fingerprint density at radius 3 is 2.45 bits per heavy atom. The highest BCUT2D eigenvalue weighted by Crippen LogP contribution is 2.34. The number of carbonyl (C=O) groups excluding carboxylic acids is 3. The van der Waals surface area contributed by atoms with Crippen LogP contribution < -0.4 is 5.73 Å². The molecule has 0 bridgehead atoms. The number of carbonyl (C=O) groups is 3. The molecule has 0 spiro atoms. The Bertz CT molecular complexity index is 1090. The van der Waals surface area contributed by atoms with Crippen LogP contribution in [0.5, 0.6) is 0 Å². The van der Waals surface area contributed by atoms with Crippen molar-refractivity contribution in [2.75, 3.05) is 13.1 Å². The average Bonchev–Trinajstić information content (AvgIpc) is 3.48. The molecule has 1 fully saturated rings. The third-order valence-corrected chi connectivity index (χ3v) is 8.47. The van der Waals surface area contributed by atoms with Crippen LogP contribution in [0.3, 0.4) is 0 Å². The molecule has 3 rings (SSSR count). The average molecular weight is 542 g/mol. The lowest BCUT2D eigenvalue weighted by Gasteiger charge is -2.34. The second kappa shape index (κ2) is 13.6. The van der Waals surface area contributed by atoms with Gasteiger partial charge in [-0.15, -0.1) is 11.3 Å². The molecule has 1 aromatic carbocycles. The number of thiazole rings is 1. The SMILES string of the molecule is Cc1ncsc1-c1ccc(CCC(=O)[C@@H]2C[C@@H](O)CN2C(=O)[C@@H](CC(=O)CCCCCN)C(C)(C)C)cc1. The summed E-state index contributed by atoms with van der Waals surface area (Å²) in [7, 11) is 0. The van der Waals surface area contributed by atoms with Crippen LogP contribution in [-0.4, -0.2) is 57.7 Å². The molecule has 0 radical (unpaired) electrons. The molecule has 0 saturated carbocycles. The first-order chi connectivity index (χ1) is 18.0. The van der Waals surface area contributed by atoms with Crippen LogP contribution >= 0.6 is 11.3 Å². The number of amides is 1. The van der Waals surface area contributed by atoms with Crippen LogP contribution in [0.25, 0.3) is 10.4 Å². The summed E-state index contributed by atoms with van der Waals surface area (Å²) in [5.41, 5.74) is 10.1. The lowest BCUT2D eigenvalue weighted by Crippen LogP contribution is -2.47. The number of ketones is 2. The van der Waals surface area contributed by atoms with Crippen LogP contribution in [-0.2, 0) is 20.8 Å². The third-order valence-electron chi connectivity index (χ3n) is 7.49. The summed E-state index contributed by atoms with van der Waals surface area (Å²) in [6.45, 7) is 8.61. The van der Waals surface area contributed by atoms with Crippen LogP contribution in [0, 0.1) is 18.3 Å². The van der Waals surface area contributed by atoms with Crippen molar-refractivity contribution in [2.45, 2.75) is 91.2 Å². The fourth-order valence-electron chi connectivity index (χ4n) is 5.14. The van der Waals surface area contributed by atoms with Crippen LogP contribution in [0.15, 0.2) is 29.8 Å². The predicted molar refractivity (Wildman–Crippen MR) is 152 cm³/mol. The number of aryl methyl sites for hydroxylation is 2. The zero-order valence-electron chi connectivity index (χ0n) is 23.2. The van der Waals surface area contributed by atoms with E-state index in [0.29, 0.717) is 25.8 Å². The molecular formula is C30H43N3O4S. The number of benzene rings is 1. The Morgan fingerprint density at radius 2 is 1.84 bits per heavy atom. The van der Waals surface area contributed by atoms with E-state index in [9.17, 15) is 19.5 Å². The molecule has 1 aromatic heterocycles. The van der Waals surface area contributed by atoms with Gasteiger partial charge in [-0.2, -0.15) is 0 Å². The highest BCUT2D eigenvalue weighted by atomic mass is 32.1. The molecular weight excluding hydrogens is 498 g/mol. The molecule has 1 aliphatic heterocycles. The molecule has 208 valence electrons. The summed E-state index contributed by atoms with van der Waals surface area (Å²) in [6.07, 6.45) is 3.53. The van der Waals surface area contributed by atoms with E-state index >= 15 is 0 Å². The number of hydrogen-bond acceptors (Lipinski definition) is 7. The normalized spacial score (nSPS) is 18.5. The number of nitrogens with zero attached hydrogens (tertiary/aromatic N) is 2. The van der Waals surface area contributed by atoms with E-state index in [0.717, 1.165) is 41.0 Å². The van der Waals surface area contributed by atoms with Gasteiger partial charge in [-0.3, -0.25) is 14.4 Å². The lowest BCUT2D eigenvalue weighted by molar-refractivity contribution is -0.145. The maximum atomic E-state index is 13.7. The summed E-state index contributed by atoms with van der Waals surface area (Å²) < 4.78 is 0. The second-order valence-corrected chi connectivity index (χ2v) is 12.4. The fourth-order valence-corrected chi connectivity index (χ4v) is 5.95. The van der Waals surface area contributed by atoms with Gasteiger partial charge in [0.1, 0.15) is 5.78 Å². The van der Waals surface area contributed by atoms with Gasteiger partial charge in [-0.25, -0.2) is 4.98 Å². The minimum Gasteiger partial charge on any atom is -0.391 e. The number of aliphatic hydroxyl groups excluding tert-OH is 1. The number of Topliss-reactive ketones (excluding diaryl/α,β-unsaturated/α-hetero) is 2. The largest absolute Gasteiger partial charge is 0.391 e. The van der Waals surface area contributed by atoms with E-state index in [1.165, 1.54) is 0 Å². The molecule has 2 aromatic rings. The summed E-state index contributed by atoms with van der Waals surface area (Å²) in [6, 6.07) is 7.51. The van der Waals surface area contributed by atoms with Crippen molar-refractivity contribution in [1.29, 1.82) is 0 Å². The van der Waals surface area contributed by atoms with Crippen molar-refractivity contribution in [3.05, 3.63) is 41.0 Å². The van der Waals surface area contributed by atoms with Crippen molar-refractivity contribution < 1.29 is 19.5 Å². The van der Waals surface area contributed by atoms with E-state index in [2.05, 4.69) is 17.1 Å². The summed E-state index contributed by atoms with van der Waals surface area (Å²) in [5.74, 6) is -0.715. The topological polar surface area (TPSA) is 114 Å². The first-order valence-corrected chi connectivity index (χ1v) is 14.6. The van der Waals surface area contributed by atoms with Crippen molar-refractivity contribution in [3.8, 4) is 10.4 Å². The van der Waals surface area contributed by atoms with Crippen molar-refractivity contribution >= 4 is 28.8 Å². The van der Waals surface area contributed by atoms with E-state index in [4.69, 9.17) is 5.73 Å². The molecule has 1 amide bonds. The van der Waals surface area contributed by atoms with Crippen molar-refractivity contribution in [1.82, 2.24) is 9.88 Å². The molecule has 0 unspecified atom stereocenters. The Balaban J connectivity index is 1.63. The standard InChI is InChI=1S/C30H43N3O4S/c1-20-28(38-19-32-20)22-12-9-21(10-13-22)11-14-27(36)26-17-24(35)18-33(26)29(37)25(30(2,3)4)16-23(34)8-6-5-7-15-31/h9-10,12-13,19,24-26,35H,5-8,11,14-18,31H2,1-4H3/t24-,25-,26+/m1/s1. The van der Waals surface area contributed by atoms with Gasteiger partial charge in [0, 0.05) is 38.1 Å². The summed E-state index contributed by atoms with van der Waals surface area (Å²) in [5, 5.41) is 10.4. The van der Waals surface area contributed by atoms with Gasteiger partial charge < -0.3 is 15.7 Å². The predicted octanol–water partition coefficient (Wildman–Crippen LogP) is 4.72. The third kappa shape index (κ3) is 8.04. The highest BCUT2D eigenvalue weighted by molar-refractivity contribution is 7.13.